The summed E-state index contributed by atoms with van der Waals surface area (Å²) in [7, 11) is 0. The molecule has 3 saturated carbocycles. The molecular formula is C36H63NO5. The van der Waals surface area contributed by atoms with Crippen molar-refractivity contribution in [3.8, 4) is 0 Å². The molecule has 0 radical (unpaired) electrons. The maximum absolute atomic E-state index is 11.7. The first-order chi connectivity index (χ1) is 20.1. The molecule has 4 aliphatic rings. The molecule has 0 aromatic rings. The third-order valence-corrected chi connectivity index (χ3v) is 12.1. The van der Waals surface area contributed by atoms with E-state index in [1.807, 2.05) is 6.92 Å². The lowest BCUT2D eigenvalue weighted by Gasteiger charge is -2.59. The minimum atomic E-state index is -0.310. The molecule has 4 aliphatic carbocycles. The van der Waals surface area contributed by atoms with Gasteiger partial charge in [0.15, 0.2) is 0 Å². The quantitative estimate of drug-likeness (QED) is 0.151. The molecule has 0 bridgehead atoms. The first-order valence-corrected chi connectivity index (χ1v) is 17.5. The van der Waals surface area contributed by atoms with E-state index in [1.54, 1.807) is 0 Å². The van der Waals surface area contributed by atoms with E-state index >= 15 is 0 Å². The van der Waals surface area contributed by atoms with Gasteiger partial charge in [-0.15, -0.1) is 0 Å². The lowest BCUT2D eigenvalue weighted by molar-refractivity contribution is -0.121. The van der Waals surface area contributed by atoms with Crippen molar-refractivity contribution in [2.75, 3.05) is 39.6 Å². The highest BCUT2D eigenvalue weighted by Crippen LogP contribution is 2.67. The van der Waals surface area contributed by atoms with E-state index in [4.69, 9.17) is 14.2 Å². The second-order valence-electron chi connectivity index (χ2n) is 15.1. The molecule has 2 N–H and O–H groups in total. The average molecular weight is 590 g/mol. The normalized spacial score (nSPS) is 36.6. The van der Waals surface area contributed by atoms with Crippen molar-refractivity contribution in [2.24, 2.45) is 46.3 Å². The average Bonchev–Trinajstić information content (AvgIpc) is 3.31. The van der Waals surface area contributed by atoms with E-state index < -0.39 is 0 Å². The maximum atomic E-state index is 11.7. The predicted octanol–water partition coefficient (Wildman–Crippen LogP) is 6.94. The molecule has 3 fully saturated rings. The van der Waals surface area contributed by atoms with Gasteiger partial charge in [0, 0.05) is 13.0 Å². The van der Waals surface area contributed by atoms with Gasteiger partial charge in [-0.25, -0.2) is 0 Å². The van der Waals surface area contributed by atoms with Gasteiger partial charge in [-0.2, -0.15) is 0 Å². The first-order valence-electron chi connectivity index (χ1n) is 17.5. The summed E-state index contributed by atoms with van der Waals surface area (Å²) in [6.07, 6.45) is 15.2. The monoisotopic (exact) mass is 589 g/mol. The molecule has 0 aromatic carbocycles. The molecule has 6 nitrogen and oxygen atoms in total. The molecule has 0 spiro atoms. The van der Waals surface area contributed by atoms with Crippen molar-refractivity contribution < 1.29 is 24.1 Å². The Bertz CT molecular complexity index is 890. The van der Waals surface area contributed by atoms with E-state index in [1.165, 1.54) is 56.9 Å². The fraction of sp³-hybridized carbons (Fsp3) is 0.917. The van der Waals surface area contributed by atoms with Crippen LogP contribution in [0.15, 0.2) is 11.6 Å². The van der Waals surface area contributed by atoms with Gasteiger partial charge < -0.3 is 24.6 Å². The van der Waals surface area contributed by atoms with E-state index in [0.29, 0.717) is 69.2 Å². The lowest BCUT2D eigenvalue weighted by Crippen LogP contribution is -2.55. The van der Waals surface area contributed by atoms with Gasteiger partial charge in [-0.05, 0) is 91.3 Å². The molecule has 0 unspecified atom stereocenters. The smallest absolute Gasteiger partial charge is 0.219 e. The molecule has 0 aliphatic heterocycles. The minimum Gasteiger partial charge on any atom is -0.389 e. The zero-order valence-electron chi connectivity index (χ0n) is 27.8. The fourth-order valence-corrected chi connectivity index (χ4v) is 9.77. The Hall–Kier alpha value is -0.950. The molecule has 4 rings (SSSR count). The first kappa shape index (κ1) is 33.9. The van der Waals surface area contributed by atoms with Crippen LogP contribution in [0.1, 0.15) is 112 Å². The number of rotatable bonds is 16. The van der Waals surface area contributed by atoms with Gasteiger partial charge in [0.25, 0.3) is 0 Å². The molecular weight excluding hydrogens is 526 g/mol. The number of amides is 1. The van der Waals surface area contributed by atoms with Crippen molar-refractivity contribution in [3.63, 3.8) is 0 Å². The Kier molecular flexibility index (Phi) is 12.4. The number of fused-ring (bicyclic) bond motifs is 5. The van der Waals surface area contributed by atoms with Crippen LogP contribution < -0.4 is 5.32 Å². The molecule has 42 heavy (non-hydrogen) atoms. The zero-order chi connectivity index (χ0) is 30.3. The third-order valence-electron chi connectivity index (χ3n) is 12.1. The van der Waals surface area contributed by atoms with Crippen LogP contribution in [0.25, 0.3) is 0 Å². The summed E-state index contributed by atoms with van der Waals surface area (Å²) in [6.45, 7) is 17.4. The second-order valence-corrected chi connectivity index (χ2v) is 15.1. The lowest BCUT2D eigenvalue weighted by atomic mass is 9.46. The van der Waals surface area contributed by atoms with Crippen molar-refractivity contribution in [1.82, 2.24) is 5.32 Å². The van der Waals surface area contributed by atoms with Crippen LogP contribution in [0.3, 0.4) is 0 Å². The standard InChI is InChI=1S/C36H63NO5/c1-7-33(39)37-17-18-40-19-20-41-21-22-42-28-13-15-35(5)27(23-28)24-32(38)34-30-12-11-29(26(4)10-8-9-25(2)3)36(30,6)16-14-31(34)35/h24-26,28-32,34,38H,7-23H2,1-6H3,(H,37,39)/t26-,28+,29-,30+,31+,32-,34+,35+,36-/m1/s1. The Morgan fingerprint density at radius 2 is 1.71 bits per heavy atom. The Balaban J connectivity index is 1.23. The van der Waals surface area contributed by atoms with Gasteiger partial charge in [-0.3, -0.25) is 4.79 Å². The highest BCUT2D eigenvalue weighted by atomic mass is 16.5. The molecule has 0 saturated heterocycles. The topological polar surface area (TPSA) is 77.0 Å². The minimum absolute atomic E-state index is 0.0509. The number of aliphatic hydroxyl groups is 1. The van der Waals surface area contributed by atoms with Crippen LogP contribution in [-0.2, 0) is 19.0 Å². The number of hydrogen-bond acceptors (Lipinski definition) is 5. The van der Waals surface area contributed by atoms with Gasteiger partial charge in [0.2, 0.25) is 5.91 Å². The van der Waals surface area contributed by atoms with E-state index in [9.17, 15) is 9.90 Å². The summed E-state index contributed by atoms with van der Waals surface area (Å²) in [5, 5.41) is 14.5. The van der Waals surface area contributed by atoms with Crippen molar-refractivity contribution in [2.45, 2.75) is 124 Å². The number of ether oxygens (including phenoxy) is 3. The van der Waals surface area contributed by atoms with E-state index in [2.05, 4.69) is 46.0 Å². The van der Waals surface area contributed by atoms with E-state index in [-0.39, 0.29) is 23.5 Å². The summed E-state index contributed by atoms with van der Waals surface area (Å²) in [5.74, 6) is 4.13. The molecule has 0 heterocycles. The number of nitrogens with one attached hydrogen (secondary N) is 1. The molecule has 242 valence electrons. The van der Waals surface area contributed by atoms with Crippen LogP contribution in [-0.4, -0.2) is 62.8 Å². The summed E-state index contributed by atoms with van der Waals surface area (Å²) in [5.41, 5.74) is 2.05. The highest BCUT2D eigenvalue weighted by Gasteiger charge is 2.61. The van der Waals surface area contributed by atoms with Gasteiger partial charge in [-0.1, -0.05) is 72.5 Å². The molecule has 9 atom stereocenters. The van der Waals surface area contributed by atoms with Gasteiger partial charge in [0.05, 0.1) is 45.2 Å². The van der Waals surface area contributed by atoms with Crippen molar-refractivity contribution in [3.05, 3.63) is 11.6 Å². The van der Waals surface area contributed by atoms with Crippen molar-refractivity contribution >= 4 is 5.91 Å². The molecule has 0 aromatic heterocycles. The van der Waals surface area contributed by atoms with Crippen LogP contribution in [0.4, 0.5) is 0 Å². The van der Waals surface area contributed by atoms with Crippen LogP contribution in [0, 0.1) is 46.3 Å². The second kappa shape index (κ2) is 15.4. The summed E-state index contributed by atoms with van der Waals surface area (Å²) in [6, 6.07) is 0. The summed E-state index contributed by atoms with van der Waals surface area (Å²) < 4.78 is 17.5. The predicted molar refractivity (Wildman–Crippen MR) is 169 cm³/mol. The number of carbonyl (C=O) groups is 1. The Morgan fingerprint density at radius 1 is 0.976 bits per heavy atom. The van der Waals surface area contributed by atoms with Crippen molar-refractivity contribution in [1.29, 1.82) is 0 Å². The molecule has 6 heteroatoms. The summed E-state index contributed by atoms with van der Waals surface area (Å²) >= 11 is 0. The number of aliphatic hydroxyl groups excluding tert-OH is 1. The highest BCUT2D eigenvalue weighted by molar-refractivity contribution is 5.75. The third kappa shape index (κ3) is 7.82. The van der Waals surface area contributed by atoms with Crippen LogP contribution in [0.2, 0.25) is 0 Å². The van der Waals surface area contributed by atoms with Crippen LogP contribution in [0.5, 0.6) is 0 Å². The SMILES string of the molecule is CCC(=O)NCCOCCOCCO[C@H]1CC[C@@]2(C)C(=C[C@@H](O)[C@H]3[C@@H]4CC[C@H]([C@H](C)CCCC(C)C)[C@@]4(C)CC[C@@H]32)C1. The zero-order valence-corrected chi connectivity index (χ0v) is 27.8. The van der Waals surface area contributed by atoms with Gasteiger partial charge >= 0.3 is 0 Å². The number of hydrogen-bond donors (Lipinski definition) is 2. The fourth-order valence-electron chi connectivity index (χ4n) is 9.77. The van der Waals surface area contributed by atoms with Gasteiger partial charge in [0.1, 0.15) is 0 Å². The maximum Gasteiger partial charge on any atom is 0.219 e. The molecule has 1 amide bonds. The Morgan fingerprint density at radius 3 is 2.45 bits per heavy atom. The summed E-state index contributed by atoms with van der Waals surface area (Å²) in [4.78, 5) is 11.2. The number of carbonyl (C=O) groups excluding carboxylic acids is 1. The van der Waals surface area contributed by atoms with E-state index in [0.717, 1.165) is 30.6 Å². The largest absolute Gasteiger partial charge is 0.389 e. The van der Waals surface area contributed by atoms with Crippen LogP contribution >= 0.6 is 0 Å². The Labute approximate surface area is 257 Å².